The topological polar surface area (TPSA) is 26.0 Å². The number of hydrogen-bond donors (Lipinski definition) is 1. The molecule has 20 heavy (non-hydrogen) atoms. The smallest absolute Gasteiger partial charge is 0.330 e. The molecule has 0 fully saturated rings. The molecule has 2 rings (SSSR count). The molecule has 106 valence electrons. The quantitative estimate of drug-likeness (QED) is 0.884. The maximum Gasteiger partial charge on any atom is 0.389 e. The van der Waals surface area contributed by atoms with E-state index in [4.69, 9.17) is 5.73 Å². The summed E-state index contributed by atoms with van der Waals surface area (Å²) in [5.41, 5.74) is 8.11. The Morgan fingerprint density at radius 2 is 1.40 bits per heavy atom. The highest BCUT2D eigenvalue weighted by atomic mass is 19.4. The Morgan fingerprint density at radius 1 is 0.850 bits per heavy atom. The Bertz CT molecular complexity index is 532. The van der Waals surface area contributed by atoms with Gasteiger partial charge in [-0.2, -0.15) is 13.2 Å². The first-order valence-electron chi connectivity index (χ1n) is 6.42. The first-order chi connectivity index (χ1) is 9.49. The number of nitrogens with two attached hydrogens (primary N) is 1. The Labute approximate surface area is 116 Å². The highest BCUT2D eigenvalue weighted by molar-refractivity contribution is 5.63. The van der Waals surface area contributed by atoms with E-state index in [0.29, 0.717) is 5.56 Å². The van der Waals surface area contributed by atoms with E-state index in [1.165, 1.54) is 0 Å². The van der Waals surface area contributed by atoms with Gasteiger partial charge in [-0.1, -0.05) is 54.6 Å². The molecule has 0 heterocycles. The van der Waals surface area contributed by atoms with Gasteiger partial charge in [0, 0.05) is 5.92 Å². The van der Waals surface area contributed by atoms with Crippen molar-refractivity contribution >= 4 is 0 Å². The SMILES string of the molecule is NCC(CC(F)(F)F)c1ccc(-c2ccccc2)cc1. The van der Waals surface area contributed by atoms with Gasteiger partial charge in [-0.15, -0.1) is 0 Å². The molecule has 0 bridgehead atoms. The van der Waals surface area contributed by atoms with E-state index in [-0.39, 0.29) is 6.54 Å². The molecule has 2 aromatic rings. The third-order valence-electron chi connectivity index (χ3n) is 3.25. The van der Waals surface area contributed by atoms with Crippen molar-refractivity contribution in [1.29, 1.82) is 0 Å². The van der Waals surface area contributed by atoms with Crippen LogP contribution in [0.15, 0.2) is 54.6 Å². The van der Waals surface area contributed by atoms with Gasteiger partial charge in [-0.25, -0.2) is 0 Å². The lowest BCUT2D eigenvalue weighted by Gasteiger charge is -2.17. The molecule has 0 amide bonds. The summed E-state index contributed by atoms with van der Waals surface area (Å²) in [6.45, 7) is -0.00973. The molecule has 1 nitrogen and oxygen atoms in total. The van der Waals surface area contributed by atoms with Gasteiger partial charge in [0.1, 0.15) is 0 Å². The monoisotopic (exact) mass is 279 g/mol. The molecule has 0 aliphatic carbocycles. The lowest BCUT2D eigenvalue weighted by Crippen LogP contribution is -2.20. The van der Waals surface area contributed by atoms with Crippen LogP contribution in [0, 0.1) is 0 Å². The van der Waals surface area contributed by atoms with Crippen molar-refractivity contribution in [2.75, 3.05) is 6.54 Å². The van der Waals surface area contributed by atoms with Crippen molar-refractivity contribution in [2.45, 2.75) is 18.5 Å². The molecule has 4 heteroatoms. The maximum atomic E-state index is 12.5. The summed E-state index contributed by atoms with van der Waals surface area (Å²) >= 11 is 0. The third kappa shape index (κ3) is 3.84. The van der Waals surface area contributed by atoms with Crippen molar-refractivity contribution in [3.05, 3.63) is 60.2 Å². The largest absolute Gasteiger partial charge is 0.389 e. The number of hydrogen-bond acceptors (Lipinski definition) is 1. The van der Waals surface area contributed by atoms with E-state index < -0.39 is 18.5 Å². The number of halogens is 3. The van der Waals surface area contributed by atoms with Crippen LogP contribution in [0.2, 0.25) is 0 Å². The van der Waals surface area contributed by atoms with Crippen LogP contribution in [0.4, 0.5) is 13.2 Å². The van der Waals surface area contributed by atoms with Gasteiger partial charge >= 0.3 is 6.18 Å². The Hall–Kier alpha value is -1.81. The molecule has 0 aromatic heterocycles. The molecule has 1 unspecified atom stereocenters. The molecule has 0 saturated carbocycles. The Balaban J connectivity index is 2.19. The van der Waals surface area contributed by atoms with Crippen LogP contribution in [0.25, 0.3) is 11.1 Å². The second-order valence-electron chi connectivity index (χ2n) is 4.74. The van der Waals surface area contributed by atoms with Crippen LogP contribution >= 0.6 is 0 Å². The average Bonchev–Trinajstić information content (AvgIpc) is 2.45. The normalized spacial score (nSPS) is 13.2. The van der Waals surface area contributed by atoms with Gasteiger partial charge in [0.15, 0.2) is 0 Å². The minimum atomic E-state index is -4.19. The van der Waals surface area contributed by atoms with E-state index in [1.807, 2.05) is 42.5 Å². The van der Waals surface area contributed by atoms with Gasteiger partial charge < -0.3 is 5.73 Å². The number of benzene rings is 2. The van der Waals surface area contributed by atoms with Crippen LogP contribution in [0.1, 0.15) is 17.9 Å². The fourth-order valence-electron chi connectivity index (χ4n) is 2.19. The van der Waals surface area contributed by atoms with Crippen molar-refractivity contribution in [3.8, 4) is 11.1 Å². The van der Waals surface area contributed by atoms with E-state index in [2.05, 4.69) is 0 Å². The Kier molecular flexibility index (Phi) is 4.45. The van der Waals surface area contributed by atoms with Gasteiger partial charge in [0.2, 0.25) is 0 Å². The molecular formula is C16H16F3N. The number of rotatable bonds is 4. The number of alkyl halides is 3. The summed E-state index contributed by atoms with van der Waals surface area (Å²) in [6.07, 6.45) is -5.07. The van der Waals surface area contributed by atoms with Crippen LogP contribution < -0.4 is 5.73 Å². The van der Waals surface area contributed by atoms with E-state index in [1.54, 1.807) is 12.1 Å². The summed E-state index contributed by atoms with van der Waals surface area (Å²) in [5.74, 6) is -0.681. The van der Waals surface area contributed by atoms with Gasteiger partial charge in [-0.3, -0.25) is 0 Å². The van der Waals surface area contributed by atoms with Crippen molar-refractivity contribution in [1.82, 2.24) is 0 Å². The summed E-state index contributed by atoms with van der Waals surface area (Å²) in [5, 5.41) is 0. The highest BCUT2D eigenvalue weighted by Gasteiger charge is 2.31. The summed E-state index contributed by atoms with van der Waals surface area (Å²) in [7, 11) is 0. The molecule has 0 spiro atoms. The molecule has 2 aromatic carbocycles. The summed E-state index contributed by atoms with van der Waals surface area (Å²) in [6, 6.07) is 16.8. The maximum absolute atomic E-state index is 12.5. The standard InChI is InChI=1S/C16H16F3N/c17-16(18,19)10-15(11-20)14-8-6-13(7-9-14)12-4-2-1-3-5-12/h1-9,15H,10-11,20H2. The zero-order valence-corrected chi connectivity index (χ0v) is 10.9. The van der Waals surface area contributed by atoms with Crippen LogP contribution in [-0.2, 0) is 0 Å². The second-order valence-corrected chi connectivity index (χ2v) is 4.74. The molecule has 0 radical (unpaired) electrons. The van der Waals surface area contributed by atoms with E-state index in [9.17, 15) is 13.2 Å². The van der Waals surface area contributed by atoms with Gasteiger partial charge in [0.05, 0.1) is 6.42 Å². The minimum absolute atomic E-state index is 0.00973. The second kappa shape index (κ2) is 6.09. The molecule has 0 aliphatic rings. The van der Waals surface area contributed by atoms with E-state index >= 15 is 0 Å². The van der Waals surface area contributed by atoms with E-state index in [0.717, 1.165) is 11.1 Å². The fourth-order valence-corrected chi connectivity index (χ4v) is 2.19. The first-order valence-corrected chi connectivity index (χ1v) is 6.42. The van der Waals surface area contributed by atoms with Crippen LogP contribution in [0.5, 0.6) is 0 Å². The predicted molar refractivity (Wildman–Crippen MR) is 74.3 cm³/mol. The van der Waals surface area contributed by atoms with Crippen molar-refractivity contribution in [3.63, 3.8) is 0 Å². The lowest BCUT2D eigenvalue weighted by molar-refractivity contribution is -0.138. The highest BCUT2D eigenvalue weighted by Crippen LogP contribution is 2.31. The van der Waals surface area contributed by atoms with Gasteiger partial charge in [0.25, 0.3) is 0 Å². The molecule has 1 atom stereocenters. The molecular weight excluding hydrogens is 263 g/mol. The third-order valence-corrected chi connectivity index (χ3v) is 3.25. The van der Waals surface area contributed by atoms with Crippen LogP contribution in [-0.4, -0.2) is 12.7 Å². The molecule has 2 N–H and O–H groups in total. The summed E-state index contributed by atoms with van der Waals surface area (Å²) in [4.78, 5) is 0. The van der Waals surface area contributed by atoms with Crippen LogP contribution in [0.3, 0.4) is 0 Å². The Morgan fingerprint density at radius 3 is 1.90 bits per heavy atom. The molecule has 0 aliphatic heterocycles. The average molecular weight is 279 g/mol. The minimum Gasteiger partial charge on any atom is -0.330 e. The van der Waals surface area contributed by atoms with Gasteiger partial charge in [-0.05, 0) is 23.2 Å². The summed E-state index contributed by atoms with van der Waals surface area (Å²) < 4.78 is 37.4. The fraction of sp³-hybridized carbons (Fsp3) is 0.250. The first kappa shape index (κ1) is 14.6. The van der Waals surface area contributed by atoms with Crippen molar-refractivity contribution in [2.24, 2.45) is 5.73 Å². The lowest BCUT2D eigenvalue weighted by atomic mass is 9.93. The zero-order chi connectivity index (χ0) is 14.6. The van der Waals surface area contributed by atoms with Crippen molar-refractivity contribution < 1.29 is 13.2 Å². The predicted octanol–water partition coefficient (Wildman–Crippen LogP) is 4.35. The molecule has 0 saturated heterocycles. The zero-order valence-electron chi connectivity index (χ0n) is 10.9.